The number of para-hydroxylation sites is 1. The lowest BCUT2D eigenvalue weighted by Gasteiger charge is -2.06. The van der Waals surface area contributed by atoms with Crippen LogP contribution >= 0.6 is 0 Å². The monoisotopic (exact) mass is 240 g/mol. The van der Waals surface area contributed by atoms with Crippen molar-refractivity contribution in [2.24, 2.45) is 0 Å². The number of aromatic nitrogens is 3. The Labute approximate surface area is 103 Å². The lowest BCUT2D eigenvalue weighted by molar-refractivity contribution is 0.477. The maximum absolute atomic E-state index is 9.89. The molecule has 3 rings (SSSR count). The standard InChI is InChI=1S/C13H12N4O/c1-14-13-12-9(6-7-15-12)11(16-17-13)8-4-2-3-5-10(8)18/h2-7,15,18H,1H3,(H,14,17). The van der Waals surface area contributed by atoms with E-state index in [1.807, 2.05) is 24.4 Å². The van der Waals surface area contributed by atoms with Crippen molar-refractivity contribution in [2.75, 3.05) is 12.4 Å². The number of phenolic OH excluding ortho intramolecular Hbond substituents is 1. The van der Waals surface area contributed by atoms with E-state index in [1.54, 1.807) is 19.2 Å². The zero-order valence-corrected chi connectivity index (χ0v) is 9.81. The third-order valence-electron chi connectivity index (χ3n) is 2.88. The molecule has 0 aliphatic heterocycles. The maximum atomic E-state index is 9.89. The third-order valence-corrected chi connectivity index (χ3v) is 2.88. The van der Waals surface area contributed by atoms with Gasteiger partial charge in [0, 0.05) is 24.2 Å². The molecule has 0 unspecified atom stereocenters. The lowest BCUT2D eigenvalue weighted by atomic mass is 10.1. The Kier molecular flexibility index (Phi) is 2.37. The van der Waals surface area contributed by atoms with Crippen LogP contribution in [0.4, 0.5) is 5.82 Å². The second-order valence-electron chi connectivity index (χ2n) is 3.93. The van der Waals surface area contributed by atoms with Crippen LogP contribution in [0.25, 0.3) is 22.2 Å². The molecule has 5 heteroatoms. The van der Waals surface area contributed by atoms with Crippen molar-refractivity contribution in [2.45, 2.75) is 0 Å². The molecule has 90 valence electrons. The highest BCUT2D eigenvalue weighted by atomic mass is 16.3. The number of benzene rings is 1. The van der Waals surface area contributed by atoms with Crippen LogP contribution in [-0.2, 0) is 0 Å². The number of phenols is 1. The fourth-order valence-corrected chi connectivity index (χ4v) is 2.01. The summed E-state index contributed by atoms with van der Waals surface area (Å²) in [6.07, 6.45) is 1.83. The van der Waals surface area contributed by atoms with Gasteiger partial charge in [-0.15, -0.1) is 10.2 Å². The minimum Gasteiger partial charge on any atom is -0.507 e. The first-order valence-corrected chi connectivity index (χ1v) is 5.61. The number of aromatic amines is 1. The number of fused-ring (bicyclic) bond motifs is 1. The molecule has 3 N–H and O–H groups in total. The molecule has 1 aromatic carbocycles. The van der Waals surface area contributed by atoms with Crippen LogP contribution in [0.1, 0.15) is 0 Å². The molecule has 0 atom stereocenters. The van der Waals surface area contributed by atoms with Crippen LogP contribution in [0.2, 0.25) is 0 Å². The van der Waals surface area contributed by atoms with Gasteiger partial charge in [0.1, 0.15) is 11.4 Å². The number of anilines is 1. The zero-order chi connectivity index (χ0) is 12.5. The smallest absolute Gasteiger partial charge is 0.172 e. The van der Waals surface area contributed by atoms with Gasteiger partial charge in [-0.05, 0) is 18.2 Å². The molecule has 0 radical (unpaired) electrons. The summed E-state index contributed by atoms with van der Waals surface area (Å²) < 4.78 is 0. The normalized spacial score (nSPS) is 10.7. The number of nitrogens with one attached hydrogen (secondary N) is 2. The van der Waals surface area contributed by atoms with Gasteiger partial charge in [0.2, 0.25) is 0 Å². The van der Waals surface area contributed by atoms with Crippen molar-refractivity contribution in [1.82, 2.24) is 15.2 Å². The molecule has 18 heavy (non-hydrogen) atoms. The highest BCUT2D eigenvalue weighted by molar-refractivity contribution is 5.98. The van der Waals surface area contributed by atoms with E-state index < -0.39 is 0 Å². The molecule has 2 heterocycles. The predicted molar refractivity (Wildman–Crippen MR) is 70.5 cm³/mol. The minimum absolute atomic E-state index is 0.200. The van der Waals surface area contributed by atoms with E-state index in [-0.39, 0.29) is 5.75 Å². The second-order valence-corrected chi connectivity index (χ2v) is 3.93. The summed E-state index contributed by atoms with van der Waals surface area (Å²) in [7, 11) is 1.80. The average Bonchev–Trinajstić information content (AvgIpc) is 2.88. The van der Waals surface area contributed by atoms with Gasteiger partial charge in [-0.25, -0.2) is 0 Å². The fourth-order valence-electron chi connectivity index (χ4n) is 2.01. The zero-order valence-electron chi connectivity index (χ0n) is 9.81. The van der Waals surface area contributed by atoms with E-state index in [0.717, 1.165) is 10.9 Å². The van der Waals surface area contributed by atoms with E-state index in [1.165, 1.54) is 0 Å². The quantitative estimate of drug-likeness (QED) is 0.643. The highest BCUT2D eigenvalue weighted by Gasteiger charge is 2.13. The predicted octanol–water partition coefficient (Wildman–Crippen LogP) is 2.37. The van der Waals surface area contributed by atoms with E-state index in [2.05, 4.69) is 20.5 Å². The molecule has 0 saturated heterocycles. The average molecular weight is 240 g/mol. The Hall–Kier alpha value is -2.56. The van der Waals surface area contributed by atoms with E-state index in [4.69, 9.17) is 0 Å². The van der Waals surface area contributed by atoms with Crippen molar-refractivity contribution < 1.29 is 5.11 Å². The molecule has 3 aromatic rings. The molecule has 0 aliphatic carbocycles. The van der Waals surface area contributed by atoms with Crippen molar-refractivity contribution in [3.8, 4) is 17.0 Å². The first-order chi connectivity index (χ1) is 8.81. The second kappa shape index (κ2) is 4.03. The number of rotatable bonds is 2. The molecule has 0 amide bonds. The summed E-state index contributed by atoms with van der Waals surface area (Å²) in [5, 5.41) is 22.1. The number of hydrogen-bond acceptors (Lipinski definition) is 4. The van der Waals surface area contributed by atoms with Crippen LogP contribution in [0.5, 0.6) is 5.75 Å². The molecule has 0 aliphatic rings. The maximum Gasteiger partial charge on any atom is 0.172 e. The summed E-state index contributed by atoms with van der Waals surface area (Å²) >= 11 is 0. The first kappa shape index (κ1) is 10.6. The van der Waals surface area contributed by atoms with Gasteiger partial charge in [0.15, 0.2) is 5.82 Å². The highest BCUT2D eigenvalue weighted by Crippen LogP contribution is 2.33. The van der Waals surface area contributed by atoms with Crippen molar-refractivity contribution >= 4 is 16.7 Å². The van der Waals surface area contributed by atoms with Crippen molar-refractivity contribution in [1.29, 1.82) is 0 Å². The molecule has 5 nitrogen and oxygen atoms in total. The summed E-state index contributed by atoms with van der Waals surface area (Å²) in [5.74, 6) is 0.890. The number of H-pyrrole nitrogens is 1. The first-order valence-electron chi connectivity index (χ1n) is 5.61. The van der Waals surface area contributed by atoms with Crippen LogP contribution in [-0.4, -0.2) is 27.3 Å². The van der Waals surface area contributed by atoms with Gasteiger partial charge in [0.25, 0.3) is 0 Å². The SMILES string of the molecule is CNc1nnc(-c2ccccc2O)c2cc[nH]c12. The number of hydrogen-bond donors (Lipinski definition) is 3. The van der Waals surface area contributed by atoms with Gasteiger partial charge >= 0.3 is 0 Å². The molecule has 0 spiro atoms. The number of aromatic hydroxyl groups is 1. The summed E-state index contributed by atoms with van der Waals surface area (Å²) in [6, 6.07) is 9.03. The Morgan fingerprint density at radius 1 is 1.17 bits per heavy atom. The van der Waals surface area contributed by atoms with Crippen molar-refractivity contribution in [3.05, 3.63) is 36.5 Å². The molecule has 2 aromatic heterocycles. The summed E-state index contributed by atoms with van der Waals surface area (Å²) in [4.78, 5) is 3.12. The van der Waals surface area contributed by atoms with E-state index >= 15 is 0 Å². The fraction of sp³-hybridized carbons (Fsp3) is 0.0769. The molecular formula is C13H12N4O. The van der Waals surface area contributed by atoms with Gasteiger partial charge < -0.3 is 15.4 Å². The lowest BCUT2D eigenvalue weighted by Crippen LogP contribution is -1.97. The Morgan fingerprint density at radius 3 is 2.78 bits per heavy atom. The van der Waals surface area contributed by atoms with Crippen LogP contribution in [0.3, 0.4) is 0 Å². The topological polar surface area (TPSA) is 73.8 Å². The van der Waals surface area contributed by atoms with Gasteiger partial charge in [-0.3, -0.25) is 0 Å². The van der Waals surface area contributed by atoms with E-state index in [9.17, 15) is 5.11 Å². The van der Waals surface area contributed by atoms with Crippen LogP contribution < -0.4 is 5.32 Å². The molecule has 0 bridgehead atoms. The largest absolute Gasteiger partial charge is 0.507 e. The van der Waals surface area contributed by atoms with Gasteiger partial charge in [0.05, 0.1) is 5.52 Å². The Balaban J connectivity index is 2.31. The summed E-state index contributed by atoms with van der Waals surface area (Å²) in [6.45, 7) is 0. The van der Waals surface area contributed by atoms with Gasteiger partial charge in [-0.1, -0.05) is 12.1 Å². The number of nitrogens with zero attached hydrogens (tertiary/aromatic N) is 2. The molecule has 0 saturated carbocycles. The van der Waals surface area contributed by atoms with E-state index in [0.29, 0.717) is 17.1 Å². The van der Waals surface area contributed by atoms with Gasteiger partial charge in [-0.2, -0.15) is 0 Å². The summed E-state index contributed by atoms with van der Waals surface area (Å²) in [5.41, 5.74) is 2.23. The van der Waals surface area contributed by atoms with Crippen molar-refractivity contribution in [3.63, 3.8) is 0 Å². The molecular weight excluding hydrogens is 228 g/mol. The minimum atomic E-state index is 0.200. The Bertz CT molecular complexity index is 705. The third kappa shape index (κ3) is 1.48. The van der Waals surface area contributed by atoms with Crippen LogP contribution in [0.15, 0.2) is 36.5 Å². The Morgan fingerprint density at radius 2 is 2.00 bits per heavy atom. The van der Waals surface area contributed by atoms with Crippen LogP contribution in [0, 0.1) is 0 Å². The molecule has 0 fully saturated rings.